The number of rotatable bonds is 11. The summed E-state index contributed by atoms with van der Waals surface area (Å²) < 4.78 is 37.8. The van der Waals surface area contributed by atoms with E-state index in [9.17, 15) is 29.7 Å². The predicted molar refractivity (Wildman–Crippen MR) is 291 cm³/mol. The van der Waals surface area contributed by atoms with Crippen LogP contribution in [0.2, 0.25) is 15.7 Å². The second-order valence-corrected chi connectivity index (χ2v) is 19.6. The summed E-state index contributed by atoms with van der Waals surface area (Å²) in [4.78, 5) is 62.4. The number of nitrogen functional groups attached to an aromatic ring is 1. The van der Waals surface area contributed by atoms with Gasteiger partial charge in [0.25, 0.3) is 6.29 Å². The number of imidazole rings is 2. The molecular formula is C56H52Cl3N9O12. The Balaban J connectivity index is 0.000000160. The maximum absolute atomic E-state index is 12.9. The number of nitrogens with zero attached hydrogens (tertiary/aromatic N) is 8. The monoisotopic (exact) mass is 1150 g/mol. The van der Waals surface area contributed by atoms with Gasteiger partial charge in [-0.1, -0.05) is 112 Å². The topological polar surface area (TPSA) is 280 Å². The number of esters is 3. The molecule has 7 heterocycles. The number of aliphatic hydroxyl groups is 3. The van der Waals surface area contributed by atoms with Crippen LogP contribution in [0.4, 0.5) is 5.82 Å². The zero-order valence-corrected chi connectivity index (χ0v) is 45.4. The quantitative estimate of drug-likeness (QED) is 0.0340. The Morgan fingerprint density at radius 3 is 1.61 bits per heavy atom. The minimum atomic E-state index is -2.08. The van der Waals surface area contributed by atoms with E-state index in [0.717, 1.165) is 0 Å². The van der Waals surface area contributed by atoms with E-state index in [2.05, 4.69) is 47.7 Å². The Labute approximate surface area is 473 Å². The third kappa shape index (κ3) is 11.0. The van der Waals surface area contributed by atoms with Gasteiger partial charge in [0.1, 0.15) is 23.2 Å². The number of carbonyl (C=O) groups excluding carboxylic acids is 3. The van der Waals surface area contributed by atoms with Gasteiger partial charge in [-0.2, -0.15) is 15.0 Å². The molecule has 24 heteroatoms. The third-order valence-corrected chi connectivity index (χ3v) is 14.6. The van der Waals surface area contributed by atoms with Crippen molar-refractivity contribution in [3.05, 3.63) is 136 Å². The van der Waals surface area contributed by atoms with Crippen LogP contribution in [0, 0.1) is 48.9 Å². The van der Waals surface area contributed by atoms with Gasteiger partial charge in [-0.05, 0) is 72.4 Å². The molecule has 3 aromatic carbocycles. The highest BCUT2D eigenvalue weighted by Gasteiger charge is 2.60. The first-order chi connectivity index (χ1) is 38.3. The van der Waals surface area contributed by atoms with Crippen molar-refractivity contribution in [3.8, 4) is 37.0 Å². The van der Waals surface area contributed by atoms with Gasteiger partial charge in [0.2, 0.25) is 21.8 Å². The fraction of sp³-hybridized carbons (Fsp3) is 0.339. The number of aliphatic hydroxyl groups excluding tert-OH is 2. The van der Waals surface area contributed by atoms with Gasteiger partial charge in [0.15, 0.2) is 40.3 Å². The summed E-state index contributed by atoms with van der Waals surface area (Å²) in [5.74, 6) is 5.02. The molecule has 3 aliphatic rings. The Bertz CT molecular complexity index is 3520. The molecule has 1 unspecified atom stereocenters. The van der Waals surface area contributed by atoms with E-state index in [1.807, 2.05) is 33.8 Å². The molecule has 0 aliphatic carbocycles. The maximum atomic E-state index is 12.9. The SMILES string of the molecule is C#C[C@@]1(O)[C@H](O)[C@@H](CO)O[C@H]1n1cnc2c(N)nc(Cl)nc21.C#C[C@@]1(OC(=O)c2ccccc2)[C@H](C)[C@@H](CC)O[C@H]1n1cnc2c(Cl)nc(Cl)nc21.C#C[C@]1(OC(=O)c2ccccc2)C(OC(=O)c2ccccc2)O[C@H](CC)[C@H]1C. The first kappa shape index (κ1) is 58.4. The normalized spacial score (nSPS) is 27.6. The van der Waals surface area contributed by atoms with Gasteiger partial charge in [0, 0.05) is 11.8 Å². The molecule has 0 amide bonds. The number of hydrogen-bond acceptors (Lipinski definition) is 19. The number of carbonyl (C=O) groups is 3. The Morgan fingerprint density at radius 1 is 0.650 bits per heavy atom. The van der Waals surface area contributed by atoms with Gasteiger partial charge >= 0.3 is 17.9 Å². The Hall–Kier alpha value is -7.72. The second-order valence-electron chi connectivity index (χ2n) is 18.5. The standard InChI is InChI=1S/C23H22O5.C21H18Cl2N4O3.C12H12ClN5O4/c1-4-19-16(3)23(5-2,28-21(25)18-14-10-7-11-15-18)22(26-19)27-20(24)17-12-8-6-9-13-17;1-4-14-12(3)21(5-2,30-18(28)13-9-7-6-8-10-13)19(29-14)27-11-24-15-16(22)25-20(23)26-17(15)27;1-2-12(21)7(20)5(3-19)22-10(12)18-4-15-6-8(14)16-11(13)17-9(6)18/h2,6-16,19,22H,4H2,1,3H3;2,6-12,14,19H,4H2,1,3H3;1,4-5,7,10,19-21H,3H2,(H2,14,16,17)/t16-,19-,22?,23-;12-,14-,19-,21-;5-,7-,10-,12-/m111/s1. The predicted octanol–water partition coefficient (Wildman–Crippen LogP) is 6.83. The number of aromatic nitrogens is 8. The summed E-state index contributed by atoms with van der Waals surface area (Å²) in [6.45, 7) is 7.13. The van der Waals surface area contributed by atoms with E-state index >= 15 is 0 Å². The Morgan fingerprint density at radius 2 is 1.10 bits per heavy atom. The molecule has 3 saturated heterocycles. The van der Waals surface area contributed by atoms with E-state index in [4.69, 9.17) is 88.2 Å². The van der Waals surface area contributed by atoms with Crippen molar-refractivity contribution in [1.82, 2.24) is 39.0 Å². The first-order valence-corrected chi connectivity index (χ1v) is 25.9. The minimum absolute atomic E-state index is 0.0417. The number of fused-ring (bicyclic) bond motifs is 2. The number of ether oxygens (including phenoxy) is 6. The van der Waals surface area contributed by atoms with E-state index in [1.54, 1.807) is 89.5 Å². The van der Waals surface area contributed by atoms with Gasteiger partial charge < -0.3 is 49.5 Å². The molecule has 414 valence electrons. The molecule has 4 aromatic heterocycles. The number of hydrogen-bond donors (Lipinski definition) is 4. The summed E-state index contributed by atoms with van der Waals surface area (Å²) in [6, 6.07) is 25.7. The van der Waals surface area contributed by atoms with Crippen molar-refractivity contribution in [2.45, 2.75) is 101 Å². The molecule has 0 spiro atoms. The molecule has 0 bridgehead atoms. The van der Waals surface area contributed by atoms with Crippen molar-refractivity contribution in [2.24, 2.45) is 11.8 Å². The molecule has 12 atom stereocenters. The average molecular weight is 1150 g/mol. The summed E-state index contributed by atoms with van der Waals surface area (Å²) in [5.41, 5.74) is 2.93. The fourth-order valence-electron chi connectivity index (χ4n) is 9.56. The highest BCUT2D eigenvalue weighted by atomic mass is 35.5. The summed E-state index contributed by atoms with van der Waals surface area (Å²) in [6.07, 6.45) is 14.8. The van der Waals surface area contributed by atoms with Crippen LogP contribution in [0.15, 0.2) is 104 Å². The Kier molecular flexibility index (Phi) is 17.8. The largest absolute Gasteiger partial charge is 0.437 e. The van der Waals surface area contributed by atoms with E-state index in [0.29, 0.717) is 40.7 Å². The van der Waals surface area contributed by atoms with Crippen LogP contribution >= 0.6 is 34.8 Å². The minimum Gasteiger partial charge on any atom is -0.437 e. The summed E-state index contributed by atoms with van der Waals surface area (Å²) >= 11 is 17.9. The zero-order chi connectivity index (χ0) is 57.7. The summed E-state index contributed by atoms with van der Waals surface area (Å²) in [7, 11) is 0. The number of benzene rings is 3. The molecule has 21 nitrogen and oxygen atoms in total. The third-order valence-electron chi connectivity index (χ3n) is 14.0. The molecule has 7 aromatic rings. The number of nitrogens with two attached hydrogens (primary N) is 1. The van der Waals surface area contributed by atoms with Crippen molar-refractivity contribution in [3.63, 3.8) is 0 Å². The van der Waals surface area contributed by atoms with Crippen LogP contribution in [0.25, 0.3) is 22.3 Å². The van der Waals surface area contributed by atoms with Crippen LogP contribution < -0.4 is 5.73 Å². The van der Waals surface area contributed by atoms with Crippen LogP contribution in [-0.2, 0) is 28.4 Å². The first-order valence-electron chi connectivity index (χ1n) is 24.8. The lowest BCUT2D eigenvalue weighted by Gasteiger charge is -2.32. The lowest BCUT2D eigenvalue weighted by Crippen LogP contribution is -2.48. The number of halogens is 3. The molecule has 10 rings (SSSR count). The fourth-order valence-corrected chi connectivity index (χ4v) is 10.2. The smallest absolute Gasteiger partial charge is 0.340 e. The van der Waals surface area contributed by atoms with Crippen LogP contribution in [0.3, 0.4) is 0 Å². The van der Waals surface area contributed by atoms with Gasteiger partial charge in [-0.25, -0.2) is 29.3 Å². The number of anilines is 1. The second kappa shape index (κ2) is 24.3. The molecular weight excluding hydrogens is 1100 g/mol. The summed E-state index contributed by atoms with van der Waals surface area (Å²) in [5, 5.41) is 29.8. The van der Waals surface area contributed by atoms with Crippen molar-refractivity contribution in [2.75, 3.05) is 12.3 Å². The molecule has 0 saturated carbocycles. The van der Waals surface area contributed by atoms with E-state index in [-0.39, 0.29) is 56.7 Å². The maximum Gasteiger partial charge on any atom is 0.340 e. The highest BCUT2D eigenvalue weighted by molar-refractivity contribution is 6.35. The lowest BCUT2D eigenvalue weighted by molar-refractivity contribution is -0.156. The van der Waals surface area contributed by atoms with Crippen molar-refractivity contribution < 1.29 is 58.1 Å². The molecule has 3 fully saturated rings. The molecule has 3 aliphatic heterocycles. The van der Waals surface area contributed by atoms with Crippen molar-refractivity contribution >= 4 is 80.9 Å². The van der Waals surface area contributed by atoms with E-state index < -0.39 is 72.3 Å². The zero-order valence-electron chi connectivity index (χ0n) is 43.2. The van der Waals surface area contributed by atoms with Crippen LogP contribution in [0.1, 0.15) is 84.1 Å². The van der Waals surface area contributed by atoms with Crippen LogP contribution in [0.5, 0.6) is 0 Å². The van der Waals surface area contributed by atoms with Gasteiger partial charge in [-0.15, -0.1) is 19.3 Å². The molecule has 80 heavy (non-hydrogen) atoms. The van der Waals surface area contributed by atoms with Gasteiger partial charge in [0.05, 0.1) is 48.2 Å². The molecule has 5 N–H and O–H groups in total. The molecule has 0 radical (unpaired) electrons. The lowest BCUT2D eigenvalue weighted by atomic mass is 9.85. The number of terminal acetylenes is 3. The highest BCUT2D eigenvalue weighted by Crippen LogP contribution is 2.48. The average Bonchev–Trinajstić information content (AvgIpc) is 4.32. The van der Waals surface area contributed by atoms with Crippen LogP contribution in [-0.4, -0.2) is 126 Å². The van der Waals surface area contributed by atoms with Crippen molar-refractivity contribution in [1.29, 1.82) is 0 Å². The van der Waals surface area contributed by atoms with E-state index in [1.165, 1.54) is 17.2 Å². The van der Waals surface area contributed by atoms with Gasteiger partial charge in [-0.3, -0.25) is 9.13 Å².